The van der Waals surface area contributed by atoms with Crippen molar-refractivity contribution in [3.8, 4) is 11.5 Å². The molecule has 120 valence electrons. The van der Waals surface area contributed by atoms with E-state index in [2.05, 4.69) is 51.0 Å². The van der Waals surface area contributed by atoms with Gasteiger partial charge in [-0.15, -0.1) is 0 Å². The predicted octanol–water partition coefficient (Wildman–Crippen LogP) is 4.00. The van der Waals surface area contributed by atoms with E-state index < -0.39 is 0 Å². The van der Waals surface area contributed by atoms with Gasteiger partial charge in [-0.25, -0.2) is 0 Å². The number of hydrogen-bond acceptors (Lipinski definition) is 3. The third-order valence-corrected chi connectivity index (χ3v) is 3.33. The Labute approximate surface area is 130 Å². The largest absolute Gasteiger partial charge is 0.490 e. The average molecular weight is 293 g/mol. The molecule has 0 amide bonds. The van der Waals surface area contributed by atoms with Gasteiger partial charge in [-0.1, -0.05) is 19.9 Å². The molecular formula is C18H31NO2. The maximum absolute atomic E-state index is 5.86. The van der Waals surface area contributed by atoms with E-state index in [0.29, 0.717) is 12.5 Å². The van der Waals surface area contributed by atoms with Gasteiger partial charge in [-0.05, 0) is 70.4 Å². The Hall–Kier alpha value is -1.22. The van der Waals surface area contributed by atoms with Gasteiger partial charge in [0.25, 0.3) is 0 Å². The number of rotatable bonds is 10. The Bertz CT molecular complexity index is 402. The summed E-state index contributed by atoms with van der Waals surface area (Å²) in [4.78, 5) is 2.22. The van der Waals surface area contributed by atoms with Crippen molar-refractivity contribution >= 4 is 0 Å². The summed E-state index contributed by atoms with van der Waals surface area (Å²) in [5, 5.41) is 0. The third-order valence-electron chi connectivity index (χ3n) is 3.33. The minimum atomic E-state index is 0.658. The molecule has 3 heteroatoms. The number of ether oxygens (including phenoxy) is 2. The van der Waals surface area contributed by atoms with E-state index in [0.717, 1.165) is 43.9 Å². The van der Waals surface area contributed by atoms with Gasteiger partial charge in [-0.3, -0.25) is 0 Å². The first-order chi connectivity index (χ1) is 10.0. The molecule has 21 heavy (non-hydrogen) atoms. The highest BCUT2D eigenvalue weighted by molar-refractivity contribution is 5.43. The first-order valence-electron chi connectivity index (χ1n) is 8.06. The Morgan fingerprint density at radius 3 is 2.48 bits per heavy atom. The first-order valence-corrected chi connectivity index (χ1v) is 8.06. The standard InChI is InChI=1S/C18H31NO2/c1-6-20-18-14-16(8-7-12-19(4)5)9-10-17(18)21-13-11-15(2)3/h9-10,14-15H,6-8,11-13H2,1-5H3. The molecule has 0 spiro atoms. The van der Waals surface area contributed by atoms with Gasteiger partial charge in [0.15, 0.2) is 11.5 Å². The monoisotopic (exact) mass is 293 g/mol. The molecule has 0 unspecified atom stereocenters. The Kier molecular flexibility index (Phi) is 8.21. The van der Waals surface area contributed by atoms with Crippen molar-refractivity contribution in [2.75, 3.05) is 33.9 Å². The molecule has 0 bridgehead atoms. The molecule has 0 aliphatic carbocycles. The van der Waals surface area contributed by atoms with Crippen LogP contribution in [0, 0.1) is 5.92 Å². The maximum Gasteiger partial charge on any atom is 0.161 e. The number of benzene rings is 1. The van der Waals surface area contributed by atoms with Crippen molar-refractivity contribution in [1.29, 1.82) is 0 Å². The van der Waals surface area contributed by atoms with Crippen LogP contribution in [-0.2, 0) is 6.42 Å². The highest BCUT2D eigenvalue weighted by atomic mass is 16.5. The van der Waals surface area contributed by atoms with E-state index in [1.807, 2.05) is 6.92 Å². The van der Waals surface area contributed by atoms with Gasteiger partial charge in [0, 0.05) is 0 Å². The van der Waals surface area contributed by atoms with E-state index >= 15 is 0 Å². The fraction of sp³-hybridized carbons (Fsp3) is 0.667. The second-order valence-electron chi connectivity index (χ2n) is 6.15. The summed E-state index contributed by atoms with van der Waals surface area (Å²) in [5.41, 5.74) is 1.32. The Morgan fingerprint density at radius 2 is 1.86 bits per heavy atom. The number of hydrogen-bond donors (Lipinski definition) is 0. The maximum atomic E-state index is 5.86. The van der Waals surface area contributed by atoms with Crippen LogP contribution in [0.5, 0.6) is 11.5 Å². The molecule has 1 aromatic carbocycles. The van der Waals surface area contributed by atoms with Crippen molar-refractivity contribution < 1.29 is 9.47 Å². The second-order valence-corrected chi connectivity index (χ2v) is 6.15. The van der Waals surface area contributed by atoms with Crippen molar-refractivity contribution in [2.24, 2.45) is 5.92 Å². The Balaban J connectivity index is 2.62. The zero-order valence-corrected chi connectivity index (χ0v) is 14.3. The number of nitrogens with zero attached hydrogens (tertiary/aromatic N) is 1. The van der Waals surface area contributed by atoms with Gasteiger partial charge in [0.05, 0.1) is 13.2 Å². The molecule has 0 aliphatic rings. The van der Waals surface area contributed by atoms with Gasteiger partial charge < -0.3 is 14.4 Å². The van der Waals surface area contributed by atoms with E-state index in [1.165, 1.54) is 5.56 Å². The highest BCUT2D eigenvalue weighted by Crippen LogP contribution is 2.29. The normalized spacial score (nSPS) is 11.2. The topological polar surface area (TPSA) is 21.7 Å². The molecule has 0 aromatic heterocycles. The van der Waals surface area contributed by atoms with Crippen molar-refractivity contribution in [3.63, 3.8) is 0 Å². The van der Waals surface area contributed by atoms with Crippen LogP contribution in [0.2, 0.25) is 0 Å². The molecule has 0 heterocycles. The minimum absolute atomic E-state index is 0.658. The third kappa shape index (κ3) is 7.37. The fourth-order valence-corrected chi connectivity index (χ4v) is 2.10. The molecule has 0 atom stereocenters. The van der Waals surface area contributed by atoms with Crippen LogP contribution in [0.4, 0.5) is 0 Å². The van der Waals surface area contributed by atoms with Crippen molar-refractivity contribution in [2.45, 2.75) is 40.0 Å². The Morgan fingerprint density at radius 1 is 1.10 bits per heavy atom. The second kappa shape index (κ2) is 9.67. The summed E-state index contributed by atoms with van der Waals surface area (Å²) in [6.45, 7) is 8.95. The molecule has 0 saturated carbocycles. The lowest BCUT2D eigenvalue weighted by molar-refractivity contribution is 0.261. The van der Waals surface area contributed by atoms with Crippen molar-refractivity contribution in [1.82, 2.24) is 4.90 Å². The van der Waals surface area contributed by atoms with Crippen LogP contribution in [0.1, 0.15) is 39.2 Å². The number of aryl methyl sites for hydroxylation is 1. The molecule has 0 N–H and O–H groups in total. The predicted molar refractivity (Wildman–Crippen MR) is 89.4 cm³/mol. The molecule has 3 nitrogen and oxygen atoms in total. The molecule has 1 rings (SSSR count). The average Bonchev–Trinajstić information content (AvgIpc) is 2.40. The van der Waals surface area contributed by atoms with Crippen LogP contribution in [-0.4, -0.2) is 38.8 Å². The molecule has 0 saturated heterocycles. The first kappa shape index (κ1) is 17.8. The molecule has 0 fully saturated rings. The fourth-order valence-electron chi connectivity index (χ4n) is 2.10. The highest BCUT2D eigenvalue weighted by Gasteiger charge is 2.07. The van der Waals surface area contributed by atoms with Crippen LogP contribution < -0.4 is 9.47 Å². The zero-order valence-electron chi connectivity index (χ0n) is 14.3. The van der Waals surface area contributed by atoms with E-state index in [1.54, 1.807) is 0 Å². The summed E-state index contributed by atoms with van der Waals surface area (Å²) in [5.74, 6) is 2.41. The van der Waals surface area contributed by atoms with Gasteiger partial charge in [0.1, 0.15) is 0 Å². The van der Waals surface area contributed by atoms with Gasteiger partial charge >= 0.3 is 0 Å². The lowest BCUT2D eigenvalue weighted by Crippen LogP contribution is -2.13. The van der Waals surface area contributed by atoms with Crippen LogP contribution >= 0.6 is 0 Å². The minimum Gasteiger partial charge on any atom is -0.490 e. The SMILES string of the molecule is CCOc1cc(CCCN(C)C)ccc1OCCC(C)C. The summed E-state index contributed by atoms with van der Waals surface area (Å²) in [7, 11) is 4.22. The quantitative estimate of drug-likeness (QED) is 0.651. The molecule has 0 radical (unpaired) electrons. The van der Waals surface area contributed by atoms with Crippen LogP contribution in [0.15, 0.2) is 18.2 Å². The van der Waals surface area contributed by atoms with Gasteiger partial charge in [-0.2, -0.15) is 0 Å². The molecular weight excluding hydrogens is 262 g/mol. The molecule has 1 aromatic rings. The van der Waals surface area contributed by atoms with Crippen LogP contribution in [0.25, 0.3) is 0 Å². The van der Waals surface area contributed by atoms with Crippen molar-refractivity contribution in [3.05, 3.63) is 23.8 Å². The summed E-state index contributed by atoms with van der Waals surface area (Å²) in [6, 6.07) is 6.34. The lowest BCUT2D eigenvalue weighted by atomic mass is 10.1. The van der Waals surface area contributed by atoms with Gasteiger partial charge in [0.2, 0.25) is 0 Å². The summed E-state index contributed by atoms with van der Waals surface area (Å²) >= 11 is 0. The van der Waals surface area contributed by atoms with E-state index in [9.17, 15) is 0 Å². The summed E-state index contributed by atoms with van der Waals surface area (Å²) in [6.07, 6.45) is 3.30. The van der Waals surface area contributed by atoms with Crippen LogP contribution in [0.3, 0.4) is 0 Å². The zero-order chi connectivity index (χ0) is 15.7. The molecule has 0 aliphatic heterocycles. The lowest BCUT2D eigenvalue weighted by Gasteiger charge is -2.15. The van der Waals surface area contributed by atoms with E-state index in [4.69, 9.17) is 9.47 Å². The smallest absolute Gasteiger partial charge is 0.161 e. The summed E-state index contributed by atoms with van der Waals surface area (Å²) < 4.78 is 11.6. The van der Waals surface area contributed by atoms with E-state index in [-0.39, 0.29) is 0 Å².